The Hall–Kier alpha value is -3.17. The Morgan fingerprint density at radius 2 is 2.03 bits per heavy atom. The molecule has 1 saturated heterocycles. The van der Waals surface area contributed by atoms with E-state index in [-0.39, 0.29) is 12.4 Å². The number of nitrogens with zero attached hydrogens (tertiary/aromatic N) is 6. The smallest absolute Gasteiger partial charge is 0.213 e. The second-order valence-corrected chi connectivity index (χ2v) is 6.71. The van der Waals surface area contributed by atoms with Crippen molar-refractivity contribution in [3.05, 3.63) is 54.0 Å². The monoisotopic (exact) mass is 394 g/mol. The summed E-state index contributed by atoms with van der Waals surface area (Å²) in [5.74, 6) is 0.473. The van der Waals surface area contributed by atoms with E-state index in [1.807, 2.05) is 18.2 Å². The third-order valence-corrected chi connectivity index (χ3v) is 4.74. The van der Waals surface area contributed by atoms with E-state index in [1.54, 1.807) is 36.3 Å². The van der Waals surface area contributed by atoms with Crippen molar-refractivity contribution in [3.8, 4) is 17.3 Å². The molecular formula is C20H22N6O3. The SMILES string of the molecule is Cn1nnc(-c2ccccn2)c1COc1ccc(C(=O)CN2CCOCC2)cn1. The highest BCUT2D eigenvalue weighted by molar-refractivity contribution is 5.97. The number of Topliss-reactive ketones (excluding diaryl/α,β-unsaturated/α-hetero) is 1. The quantitative estimate of drug-likeness (QED) is 0.555. The highest BCUT2D eigenvalue weighted by Gasteiger charge is 2.17. The summed E-state index contributed by atoms with van der Waals surface area (Å²) in [5.41, 5.74) is 2.76. The predicted molar refractivity (Wildman–Crippen MR) is 104 cm³/mol. The number of morpholine rings is 1. The molecule has 1 fully saturated rings. The van der Waals surface area contributed by atoms with Gasteiger partial charge >= 0.3 is 0 Å². The first-order chi connectivity index (χ1) is 14.2. The van der Waals surface area contributed by atoms with E-state index in [9.17, 15) is 4.79 Å². The number of pyridine rings is 2. The molecule has 1 aliphatic rings. The normalized spacial score (nSPS) is 14.7. The van der Waals surface area contributed by atoms with E-state index in [0.717, 1.165) is 24.5 Å². The van der Waals surface area contributed by atoms with Gasteiger partial charge in [0.15, 0.2) is 5.78 Å². The lowest BCUT2D eigenvalue weighted by atomic mass is 10.2. The first kappa shape index (κ1) is 19.2. The van der Waals surface area contributed by atoms with Crippen molar-refractivity contribution in [2.45, 2.75) is 6.61 Å². The number of carbonyl (C=O) groups is 1. The summed E-state index contributed by atoms with van der Waals surface area (Å²) in [6.45, 7) is 3.50. The minimum Gasteiger partial charge on any atom is -0.471 e. The number of ether oxygens (including phenoxy) is 2. The lowest BCUT2D eigenvalue weighted by Gasteiger charge is -2.25. The van der Waals surface area contributed by atoms with Crippen LogP contribution in [0.25, 0.3) is 11.4 Å². The standard InChI is InChI=1S/C20H22N6O3/c1-25-17(20(23-24-25)16-4-2-3-7-21-16)14-29-19-6-5-15(12-22-19)18(27)13-26-8-10-28-11-9-26/h2-7,12H,8-11,13-14H2,1H3. The Labute approximate surface area is 168 Å². The topological polar surface area (TPSA) is 95.3 Å². The maximum atomic E-state index is 12.4. The average molecular weight is 394 g/mol. The molecule has 29 heavy (non-hydrogen) atoms. The summed E-state index contributed by atoms with van der Waals surface area (Å²) < 4.78 is 12.8. The highest BCUT2D eigenvalue weighted by Crippen LogP contribution is 2.20. The van der Waals surface area contributed by atoms with Crippen LogP contribution in [-0.2, 0) is 18.4 Å². The van der Waals surface area contributed by atoms with Crippen LogP contribution in [-0.4, -0.2) is 68.5 Å². The van der Waals surface area contributed by atoms with Gasteiger partial charge in [-0.05, 0) is 18.2 Å². The van der Waals surface area contributed by atoms with E-state index in [2.05, 4.69) is 25.2 Å². The van der Waals surface area contributed by atoms with Crippen molar-refractivity contribution in [2.24, 2.45) is 7.05 Å². The average Bonchev–Trinajstić information content (AvgIpc) is 3.14. The Morgan fingerprint density at radius 3 is 2.76 bits per heavy atom. The van der Waals surface area contributed by atoms with Crippen LogP contribution >= 0.6 is 0 Å². The first-order valence-electron chi connectivity index (χ1n) is 9.43. The predicted octanol–water partition coefficient (Wildman–Crippen LogP) is 1.37. The minimum absolute atomic E-state index is 0.0409. The van der Waals surface area contributed by atoms with Crippen LogP contribution < -0.4 is 4.74 Å². The van der Waals surface area contributed by atoms with Crippen LogP contribution in [0.1, 0.15) is 16.1 Å². The number of rotatable bonds is 7. The maximum Gasteiger partial charge on any atom is 0.213 e. The van der Waals surface area contributed by atoms with Gasteiger partial charge in [0, 0.05) is 44.2 Å². The number of ketones is 1. The summed E-state index contributed by atoms with van der Waals surface area (Å²) in [7, 11) is 1.80. The second-order valence-electron chi connectivity index (χ2n) is 6.71. The molecule has 0 unspecified atom stereocenters. The number of carbonyl (C=O) groups excluding carboxylic acids is 1. The highest BCUT2D eigenvalue weighted by atomic mass is 16.5. The molecule has 0 N–H and O–H groups in total. The van der Waals surface area contributed by atoms with Crippen molar-refractivity contribution in [1.82, 2.24) is 29.9 Å². The second kappa shape index (κ2) is 8.89. The maximum absolute atomic E-state index is 12.4. The molecule has 1 aliphatic heterocycles. The van der Waals surface area contributed by atoms with E-state index < -0.39 is 0 Å². The molecule has 0 aromatic carbocycles. The summed E-state index contributed by atoms with van der Waals surface area (Å²) in [6.07, 6.45) is 3.27. The van der Waals surface area contributed by atoms with Crippen LogP contribution in [0.3, 0.4) is 0 Å². The summed E-state index contributed by atoms with van der Waals surface area (Å²) in [4.78, 5) is 23.1. The molecule has 0 aliphatic carbocycles. The number of hydrogen-bond donors (Lipinski definition) is 0. The lowest BCUT2D eigenvalue weighted by Crippen LogP contribution is -2.39. The largest absolute Gasteiger partial charge is 0.471 e. The zero-order valence-electron chi connectivity index (χ0n) is 16.2. The molecule has 0 atom stereocenters. The molecule has 4 rings (SSSR count). The molecular weight excluding hydrogens is 372 g/mol. The van der Waals surface area contributed by atoms with Crippen LogP contribution in [0.15, 0.2) is 42.7 Å². The fourth-order valence-electron chi connectivity index (χ4n) is 3.07. The van der Waals surface area contributed by atoms with Crippen molar-refractivity contribution < 1.29 is 14.3 Å². The van der Waals surface area contributed by atoms with Crippen molar-refractivity contribution in [3.63, 3.8) is 0 Å². The van der Waals surface area contributed by atoms with Gasteiger partial charge in [0.05, 0.1) is 25.5 Å². The van der Waals surface area contributed by atoms with Crippen LogP contribution in [0.5, 0.6) is 5.88 Å². The molecule has 150 valence electrons. The molecule has 9 nitrogen and oxygen atoms in total. The van der Waals surface area contributed by atoms with E-state index in [0.29, 0.717) is 36.9 Å². The molecule has 3 aromatic heterocycles. The van der Waals surface area contributed by atoms with Gasteiger partial charge in [0.1, 0.15) is 18.0 Å². The zero-order valence-corrected chi connectivity index (χ0v) is 16.2. The molecule has 9 heteroatoms. The van der Waals surface area contributed by atoms with Gasteiger partial charge in [-0.2, -0.15) is 0 Å². The van der Waals surface area contributed by atoms with Gasteiger partial charge in [-0.3, -0.25) is 14.7 Å². The number of aryl methyl sites for hydroxylation is 1. The molecule has 0 bridgehead atoms. The summed E-state index contributed by atoms with van der Waals surface area (Å²) in [5, 5.41) is 8.25. The Bertz CT molecular complexity index is 952. The first-order valence-corrected chi connectivity index (χ1v) is 9.43. The van der Waals surface area contributed by atoms with Gasteiger partial charge in [0.25, 0.3) is 0 Å². The van der Waals surface area contributed by atoms with Gasteiger partial charge in [-0.15, -0.1) is 5.10 Å². The molecule has 0 saturated carbocycles. The molecule has 4 heterocycles. The van der Waals surface area contributed by atoms with Crippen LogP contribution in [0.2, 0.25) is 0 Å². The molecule has 0 radical (unpaired) electrons. The summed E-state index contributed by atoms with van der Waals surface area (Å²) in [6, 6.07) is 9.07. The number of hydrogen-bond acceptors (Lipinski definition) is 8. The third-order valence-electron chi connectivity index (χ3n) is 4.74. The Morgan fingerprint density at radius 1 is 1.17 bits per heavy atom. The minimum atomic E-state index is 0.0409. The fourth-order valence-corrected chi connectivity index (χ4v) is 3.07. The lowest BCUT2D eigenvalue weighted by molar-refractivity contribution is 0.0371. The van der Waals surface area contributed by atoms with E-state index >= 15 is 0 Å². The van der Waals surface area contributed by atoms with E-state index in [1.165, 1.54) is 0 Å². The molecule has 0 amide bonds. The van der Waals surface area contributed by atoms with Crippen LogP contribution in [0.4, 0.5) is 0 Å². The number of aromatic nitrogens is 5. The summed E-state index contributed by atoms with van der Waals surface area (Å²) >= 11 is 0. The zero-order chi connectivity index (χ0) is 20.1. The van der Waals surface area contributed by atoms with Crippen molar-refractivity contribution >= 4 is 5.78 Å². The Balaban J connectivity index is 1.39. The van der Waals surface area contributed by atoms with Crippen LogP contribution in [0, 0.1) is 0 Å². The van der Waals surface area contributed by atoms with Crippen molar-refractivity contribution in [1.29, 1.82) is 0 Å². The fraction of sp³-hybridized carbons (Fsp3) is 0.350. The molecule has 3 aromatic rings. The van der Waals surface area contributed by atoms with Gasteiger partial charge in [-0.25, -0.2) is 9.67 Å². The van der Waals surface area contributed by atoms with E-state index in [4.69, 9.17) is 9.47 Å². The van der Waals surface area contributed by atoms with Gasteiger partial charge in [0.2, 0.25) is 5.88 Å². The molecule has 0 spiro atoms. The third kappa shape index (κ3) is 4.64. The Kier molecular flexibility index (Phi) is 5.87. The van der Waals surface area contributed by atoms with Gasteiger partial charge < -0.3 is 9.47 Å². The van der Waals surface area contributed by atoms with Crippen molar-refractivity contribution in [2.75, 3.05) is 32.8 Å². The van der Waals surface area contributed by atoms with Gasteiger partial charge in [-0.1, -0.05) is 11.3 Å².